The Hall–Kier alpha value is -3.60. The third-order valence-electron chi connectivity index (χ3n) is 3.57. The minimum atomic E-state index is -0.747. The van der Waals surface area contributed by atoms with Crippen molar-refractivity contribution in [2.24, 2.45) is 4.99 Å². The minimum absolute atomic E-state index is 0.0239. The quantitative estimate of drug-likeness (QED) is 0.720. The van der Waals surface area contributed by atoms with Crippen molar-refractivity contribution in [3.05, 3.63) is 59.4 Å². The predicted octanol–water partition coefficient (Wildman–Crippen LogP) is 3.13. The van der Waals surface area contributed by atoms with Crippen LogP contribution in [0.4, 0.5) is 20.3 Å². The second-order valence-electron chi connectivity index (χ2n) is 5.04. The van der Waals surface area contributed by atoms with Gasteiger partial charge in [-0.25, -0.2) is 18.8 Å². The molecule has 4 rings (SSSR count). The van der Waals surface area contributed by atoms with Crippen LogP contribution in [0, 0.1) is 23.0 Å². The first-order valence-electron chi connectivity index (χ1n) is 6.91. The molecule has 24 heavy (non-hydrogen) atoms. The van der Waals surface area contributed by atoms with E-state index in [-0.39, 0.29) is 11.4 Å². The number of hydrogen-bond donors (Lipinski definition) is 2. The minimum Gasteiger partial charge on any atom is -0.324 e. The lowest BCUT2D eigenvalue weighted by atomic mass is 10.1. The molecule has 6 nitrogen and oxygen atoms in total. The van der Waals surface area contributed by atoms with Gasteiger partial charge in [0.05, 0.1) is 23.0 Å². The number of pyridine rings is 1. The molecule has 2 aromatic heterocycles. The molecule has 0 atom stereocenters. The maximum absolute atomic E-state index is 14.1. The fraction of sp³-hybridized carbons (Fsp3) is 0. The van der Waals surface area contributed by atoms with Crippen LogP contribution in [0.2, 0.25) is 0 Å². The van der Waals surface area contributed by atoms with Crippen LogP contribution in [0.15, 0.2) is 41.7 Å². The summed E-state index contributed by atoms with van der Waals surface area (Å²) in [6.07, 6.45) is 2.80. The molecule has 0 unspecified atom stereocenters. The van der Waals surface area contributed by atoms with Crippen molar-refractivity contribution >= 4 is 17.3 Å². The number of rotatable bonds is 1. The van der Waals surface area contributed by atoms with Gasteiger partial charge >= 0.3 is 0 Å². The van der Waals surface area contributed by atoms with Gasteiger partial charge in [-0.05, 0) is 18.2 Å². The number of fused-ring (bicyclic) bond motifs is 3. The van der Waals surface area contributed by atoms with E-state index in [4.69, 9.17) is 5.26 Å². The lowest BCUT2D eigenvalue weighted by molar-refractivity contribution is 0.579. The Labute approximate surface area is 134 Å². The molecule has 116 valence electrons. The zero-order chi connectivity index (χ0) is 16.7. The summed E-state index contributed by atoms with van der Waals surface area (Å²) in [6.45, 7) is 0. The van der Waals surface area contributed by atoms with Crippen LogP contribution in [0.5, 0.6) is 0 Å². The van der Waals surface area contributed by atoms with Crippen molar-refractivity contribution < 1.29 is 8.78 Å². The number of halogens is 2. The number of nitrogens with zero attached hydrogens (tertiary/aromatic N) is 4. The van der Waals surface area contributed by atoms with Gasteiger partial charge in [0.15, 0.2) is 0 Å². The first-order chi connectivity index (χ1) is 11.7. The van der Waals surface area contributed by atoms with E-state index in [1.165, 1.54) is 18.5 Å². The Balaban J connectivity index is 1.96. The maximum Gasteiger partial charge on any atom is 0.145 e. The van der Waals surface area contributed by atoms with Gasteiger partial charge in [-0.1, -0.05) is 6.07 Å². The lowest BCUT2D eigenvalue weighted by Gasteiger charge is -2.11. The van der Waals surface area contributed by atoms with Crippen LogP contribution >= 0.6 is 0 Å². The number of hydrogen-bond acceptors (Lipinski definition) is 5. The molecule has 0 amide bonds. The number of aromatic amines is 1. The van der Waals surface area contributed by atoms with Gasteiger partial charge in [0.1, 0.15) is 35.0 Å². The summed E-state index contributed by atoms with van der Waals surface area (Å²) in [5.74, 6) is -1.20. The van der Waals surface area contributed by atoms with E-state index in [1.54, 1.807) is 6.07 Å². The van der Waals surface area contributed by atoms with Gasteiger partial charge < -0.3 is 5.32 Å². The molecule has 0 spiro atoms. The highest BCUT2D eigenvalue weighted by Crippen LogP contribution is 2.36. The van der Waals surface area contributed by atoms with Gasteiger partial charge in [0.2, 0.25) is 0 Å². The third-order valence-corrected chi connectivity index (χ3v) is 3.57. The smallest absolute Gasteiger partial charge is 0.145 e. The molecule has 1 aliphatic heterocycles. The van der Waals surface area contributed by atoms with Crippen molar-refractivity contribution in [3.63, 3.8) is 0 Å². The second-order valence-corrected chi connectivity index (χ2v) is 5.04. The van der Waals surface area contributed by atoms with E-state index in [1.807, 2.05) is 6.07 Å². The SMILES string of the molecule is N#Cc1cnc2c(c1)-c1[nH]ncc1N=C(c1c(F)cccc1F)N2. The van der Waals surface area contributed by atoms with Crippen molar-refractivity contribution in [2.45, 2.75) is 0 Å². The molecular weight excluding hydrogens is 314 g/mol. The van der Waals surface area contributed by atoms with Crippen molar-refractivity contribution in [1.29, 1.82) is 5.26 Å². The predicted molar refractivity (Wildman–Crippen MR) is 82.7 cm³/mol. The third kappa shape index (κ3) is 2.11. The average molecular weight is 322 g/mol. The molecule has 1 aliphatic rings. The second kappa shape index (κ2) is 5.24. The zero-order valence-corrected chi connectivity index (χ0v) is 12.0. The topological polar surface area (TPSA) is 89.8 Å². The Morgan fingerprint density at radius 2 is 1.92 bits per heavy atom. The van der Waals surface area contributed by atoms with Crippen molar-refractivity contribution in [2.75, 3.05) is 5.32 Å². The standard InChI is InChI=1S/C16H8F2N6/c17-10-2-1-3-11(18)13(10)16-22-12-7-21-24-14(12)9-4-8(5-19)6-20-15(9)23-16/h1-4,6-7H,(H,21,24)(H,20,22,23). The lowest BCUT2D eigenvalue weighted by Crippen LogP contribution is -2.17. The van der Waals surface area contributed by atoms with Gasteiger partial charge in [0, 0.05) is 11.8 Å². The van der Waals surface area contributed by atoms with Crippen molar-refractivity contribution in [1.82, 2.24) is 15.2 Å². The van der Waals surface area contributed by atoms with Crippen LogP contribution in [0.3, 0.4) is 0 Å². The number of H-pyrrole nitrogens is 1. The van der Waals surface area contributed by atoms with E-state index in [0.29, 0.717) is 28.3 Å². The zero-order valence-electron chi connectivity index (χ0n) is 12.0. The molecule has 0 saturated heterocycles. The Bertz CT molecular complexity index is 1010. The summed E-state index contributed by atoms with van der Waals surface area (Å²) >= 11 is 0. The molecule has 0 bridgehead atoms. The van der Waals surface area contributed by atoms with Gasteiger partial charge in [-0.3, -0.25) is 5.10 Å². The first-order valence-corrected chi connectivity index (χ1v) is 6.91. The molecule has 0 saturated carbocycles. The van der Waals surface area contributed by atoms with Crippen LogP contribution in [0.1, 0.15) is 11.1 Å². The number of aliphatic imine (C=N–C) groups is 1. The van der Waals surface area contributed by atoms with Crippen LogP contribution in [-0.4, -0.2) is 21.0 Å². The normalized spacial score (nSPS) is 12.3. The van der Waals surface area contributed by atoms with Gasteiger partial charge in [-0.2, -0.15) is 10.4 Å². The Morgan fingerprint density at radius 3 is 2.67 bits per heavy atom. The summed E-state index contributed by atoms with van der Waals surface area (Å²) in [5.41, 5.74) is 1.49. The summed E-state index contributed by atoms with van der Waals surface area (Å²) in [7, 11) is 0. The summed E-state index contributed by atoms with van der Waals surface area (Å²) in [6, 6.07) is 7.18. The molecule has 8 heteroatoms. The van der Waals surface area contributed by atoms with E-state index in [9.17, 15) is 8.78 Å². The van der Waals surface area contributed by atoms with E-state index < -0.39 is 11.6 Å². The number of anilines is 1. The van der Waals surface area contributed by atoms with E-state index >= 15 is 0 Å². The monoisotopic (exact) mass is 322 g/mol. The van der Waals surface area contributed by atoms with Gasteiger partial charge in [0.25, 0.3) is 0 Å². The molecular formula is C16H8F2N6. The number of amidine groups is 1. The molecule has 1 aromatic carbocycles. The first kappa shape index (κ1) is 14.0. The van der Waals surface area contributed by atoms with E-state index in [2.05, 4.69) is 25.5 Å². The number of nitriles is 1. The molecule has 0 fully saturated rings. The highest BCUT2D eigenvalue weighted by atomic mass is 19.1. The van der Waals surface area contributed by atoms with E-state index in [0.717, 1.165) is 12.1 Å². The fourth-order valence-electron chi connectivity index (χ4n) is 2.48. The molecule has 2 N–H and O–H groups in total. The molecule has 0 aliphatic carbocycles. The Kier molecular flexibility index (Phi) is 3.06. The Morgan fingerprint density at radius 1 is 1.12 bits per heavy atom. The summed E-state index contributed by atoms with van der Waals surface area (Å²) in [4.78, 5) is 8.43. The molecule has 3 aromatic rings. The van der Waals surface area contributed by atoms with Crippen LogP contribution in [0.25, 0.3) is 11.3 Å². The summed E-state index contributed by atoms with van der Waals surface area (Å²) < 4.78 is 28.2. The van der Waals surface area contributed by atoms with Crippen LogP contribution in [-0.2, 0) is 0 Å². The maximum atomic E-state index is 14.1. The summed E-state index contributed by atoms with van der Waals surface area (Å²) in [5, 5.41) is 18.6. The van der Waals surface area contributed by atoms with Crippen LogP contribution < -0.4 is 5.32 Å². The number of nitrogens with one attached hydrogen (secondary N) is 2. The average Bonchev–Trinajstić information content (AvgIpc) is 2.97. The fourth-order valence-corrected chi connectivity index (χ4v) is 2.48. The molecule has 0 radical (unpaired) electrons. The largest absolute Gasteiger partial charge is 0.324 e. The van der Waals surface area contributed by atoms with Gasteiger partial charge in [-0.15, -0.1) is 0 Å². The number of aromatic nitrogens is 3. The highest BCUT2D eigenvalue weighted by molar-refractivity contribution is 6.12. The van der Waals surface area contributed by atoms with Crippen molar-refractivity contribution in [3.8, 4) is 17.3 Å². The molecule has 3 heterocycles. The number of benzene rings is 1. The highest BCUT2D eigenvalue weighted by Gasteiger charge is 2.23.